The second-order valence-electron chi connectivity index (χ2n) is 4.99. The summed E-state index contributed by atoms with van der Waals surface area (Å²) in [6, 6.07) is 8.59. The highest BCUT2D eigenvalue weighted by atomic mass is 16.3. The van der Waals surface area contributed by atoms with Crippen LogP contribution in [0, 0.1) is 0 Å². The Balaban J connectivity index is 1.96. The largest absolute Gasteiger partial charge is 0.508 e. The van der Waals surface area contributed by atoms with Gasteiger partial charge in [-0.15, -0.1) is 0 Å². The van der Waals surface area contributed by atoms with Gasteiger partial charge in [-0.1, -0.05) is 12.1 Å². The first kappa shape index (κ1) is 12.4. The molecule has 0 saturated carbocycles. The third-order valence-corrected chi connectivity index (χ3v) is 3.73. The summed E-state index contributed by atoms with van der Waals surface area (Å²) in [5.74, 6) is 0.336. The average molecular weight is 234 g/mol. The van der Waals surface area contributed by atoms with E-state index in [1.54, 1.807) is 12.1 Å². The van der Waals surface area contributed by atoms with Gasteiger partial charge in [-0.05, 0) is 50.4 Å². The molecule has 0 aliphatic carbocycles. The number of phenols is 1. The molecule has 1 aliphatic rings. The Morgan fingerprint density at radius 1 is 1.41 bits per heavy atom. The van der Waals surface area contributed by atoms with Crippen molar-refractivity contribution in [2.24, 2.45) is 5.73 Å². The molecule has 3 nitrogen and oxygen atoms in total. The van der Waals surface area contributed by atoms with Crippen molar-refractivity contribution in [3.8, 4) is 5.75 Å². The highest BCUT2D eigenvalue weighted by molar-refractivity contribution is 5.26. The van der Waals surface area contributed by atoms with E-state index >= 15 is 0 Å². The molecule has 0 aromatic heterocycles. The van der Waals surface area contributed by atoms with Crippen LogP contribution in [0.4, 0.5) is 0 Å². The summed E-state index contributed by atoms with van der Waals surface area (Å²) in [6.45, 7) is 4.20. The van der Waals surface area contributed by atoms with Gasteiger partial charge in [0.15, 0.2) is 0 Å². The monoisotopic (exact) mass is 234 g/mol. The Labute approximate surface area is 103 Å². The molecular weight excluding hydrogens is 212 g/mol. The molecule has 0 spiro atoms. The molecule has 0 amide bonds. The Hall–Kier alpha value is -1.06. The Morgan fingerprint density at radius 2 is 2.12 bits per heavy atom. The van der Waals surface area contributed by atoms with Crippen LogP contribution < -0.4 is 5.73 Å². The minimum absolute atomic E-state index is 0.336. The van der Waals surface area contributed by atoms with Crippen LogP contribution in [0.2, 0.25) is 0 Å². The molecule has 1 aromatic rings. The number of nitrogens with zero attached hydrogens (tertiary/aromatic N) is 1. The van der Waals surface area contributed by atoms with Crippen molar-refractivity contribution < 1.29 is 5.11 Å². The van der Waals surface area contributed by atoms with Crippen LogP contribution in [0.1, 0.15) is 25.3 Å². The van der Waals surface area contributed by atoms with E-state index in [-0.39, 0.29) is 0 Å². The molecule has 1 fully saturated rings. The second-order valence-corrected chi connectivity index (χ2v) is 4.99. The highest BCUT2D eigenvalue weighted by Crippen LogP contribution is 2.21. The van der Waals surface area contributed by atoms with Crippen LogP contribution in [0.25, 0.3) is 0 Å². The molecule has 2 unspecified atom stereocenters. The molecule has 0 bridgehead atoms. The third kappa shape index (κ3) is 2.99. The lowest BCUT2D eigenvalue weighted by Crippen LogP contribution is -2.42. The van der Waals surface area contributed by atoms with E-state index in [1.807, 2.05) is 12.1 Å². The molecule has 1 heterocycles. The topological polar surface area (TPSA) is 49.5 Å². The van der Waals surface area contributed by atoms with Crippen molar-refractivity contribution in [3.63, 3.8) is 0 Å². The summed E-state index contributed by atoms with van der Waals surface area (Å²) >= 11 is 0. The first-order chi connectivity index (χ1) is 8.20. The van der Waals surface area contributed by atoms with Crippen molar-refractivity contribution in [2.45, 2.75) is 38.3 Å². The first-order valence-corrected chi connectivity index (χ1v) is 6.44. The van der Waals surface area contributed by atoms with E-state index < -0.39 is 0 Å². The summed E-state index contributed by atoms with van der Waals surface area (Å²) < 4.78 is 0. The smallest absolute Gasteiger partial charge is 0.115 e. The van der Waals surface area contributed by atoms with Crippen LogP contribution >= 0.6 is 0 Å². The lowest BCUT2D eigenvalue weighted by molar-refractivity contribution is 0.194. The Morgan fingerprint density at radius 3 is 2.76 bits per heavy atom. The van der Waals surface area contributed by atoms with Gasteiger partial charge in [-0.25, -0.2) is 0 Å². The molecular formula is C14H22N2O. The molecule has 0 radical (unpaired) electrons. The minimum Gasteiger partial charge on any atom is -0.508 e. The number of hydrogen-bond acceptors (Lipinski definition) is 3. The van der Waals surface area contributed by atoms with Crippen molar-refractivity contribution in [2.75, 3.05) is 13.1 Å². The van der Waals surface area contributed by atoms with Crippen LogP contribution in [0.15, 0.2) is 24.3 Å². The lowest BCUT2D eigenvalue weighted by Gasteiger charge is -2.30. The van der Waals surface area contributed by atoms with Crippen molar-refractivity contribution >= 4 is 0 Å². The number of likely N-dealkylation sites (tertiary alicyclic amines) is 1. The summed E-state index contributed by atoms with van der Waals surface area (Å²) in [5.41, 5.74) is 7.08. The fourth-order valence-electron chi connectivity index (χ4n) is 2.78. The molecule has 1 saturated heterocycles. The molecule has 3 N–H and O–H groups in total. The minimum atomic E-state index is 0.336. The van der Waals surface area contributed by atoms with Gasteiger partial charge in [0, 0.05) is 18.6 Å². The van der Waals surface area contributed by atoms with Crippen molar-refractivity contribution in [1.29, 1.82) is 0 Å². The predicted molar refractivity (Wildman–Crippen MR) is 70.1 cm³/mol. The fourth-order valence-corrected chi connectivity index (χ4v) is 2.78. The van der Waals surface area contributed by atoms with Gasteiger partial charge < -0.3 is 10.8 Å². The maximum Gasteiger partial charge on any atom is 0.115 e. The van der Waals surface area contributed by atoms with Crippen molar-refractivity contribution in [1.82, 2.24) is 4.90 Å². The van der Waals surface area contributed by atoms with Gasteiger partial charge in [0.1, 0.15) is 5.75 Å². The third-order valence-electron chi connectivity index (χ3n) is 3.73. The molecule has 2 rings (SSSR count). The maximum atomic E-state index is 9.26. The Bertz CT molecular complexity index is 350. The zero-order valence-corrected chi connectivity index (χ0v) is 10.5. The van der Waals surface area contributed by atoms with Gasteiger partial charge >= 0.3 is 0 Å². The van der Waals surface area contributed by atoms with Crippen LogP contribution in [-0.2, 0) is 6.42 Å². The van der Waals surface area contributed by atoms with Gasteiger partial charge in [-0.2, -0.15) is 0 Å². The van der Waals surface area contributed by atoms with E-state index in [0.717, 1.165) is 13.0 Å². The van der Waals surface area contributed by atoms with Crippen LogP contribution in [-0.4, -0.2) is 35.2 Å². The quantitative estimate of drug-likeness (QED) is 0.834. The number of phenolic OH excluding ortho intramolecular Hbond substituents is 1. The maximum absolute atomic E-state index is 9.26. The zero-order valence-electron chi connectivity index (χ0n) is 10.5. The summed E-state index contributed by atoms with van der Waals surface area (Å²) in [5, 5.41) is 9.26. The summed E-state index contributed by atoms with van der Waals surface area (Å²) in [6.07, 6.45) is 3.52. The SMILES string of the molecule is CC(Cc1ccc(O)cc1)N1CCCC1CN. The van der Waals surface area contributed by atoms with E-state index in [1.165, 1.54) is 24.9 Å². The molecule has 3 heteroatoms. The van der Waals surface area contributed by atoms with E-state index in [4.69, 9.17) is 5.73 Å². The van der Waals surface area contributed by atoms with Crippen LogP contribution in [0.5, 0.6) is 5.75 Å². The fraction of sp³-hybridized carbons (Fsp3) is 0.571. The van der Waals surface area contributed by atoms with Gasteiger partial charge in [0.2, 0.25) is 0 Å². The van der Waals surface area contributed by atoms with Gasteiger partial charge in [-0.3, -0.25) is 4.90 Å². The number of rotatable bonds is 4. The second kappa shape index (κ2) is 5.52. The molecule has 17 heavy (non-hydrogen) atoms. The highest BCUT2D eigenvalue weighted by Gasteiger charge is 2.27. The van der Waals surface area contributed by atoms with Gasteiger partial charge in [0.25, 0.3) is 0 Å². The molecule has 94 valence electrons. The number of nitrogens with two attached hydrogens (primary N) is 1. The first-order valence-electron chi connectivity index (χ1n) is 6.44. The molecule has 1 aromatic carbocycles. The summed E-state index contributed by atoms with van der Waals surface area (Å²) in [4.78, 5) is 2.52. The van der Waals surface area contributed by atoms with Crippen molar-refractivity contribution in [3.05, 3.63) is 29.8 Å². The lowest BCUT2D eigenvalue weighted by atomic mass is 10.0. The van der Waals surface area contributed by atoms with Crippen LogP contribution in [0.3, 0.4) is 0 Å². The molecule has 2 atom stereocenters. The van der Waals surface area contributed by atoms with E-state index in [0.29, 0.717) is 17.8 Å². The Kier molecular flexibility index (Phi) is 4.02. The zero-order chi connectivity index (χ0) is 12.3. The number of aromatic hydroxyl groups is 1. The van der Waals surface area contributed by atoms with E-state index in [2.05, 4.69) is 11.8 Å². The van der Waals surface area contributed by atoms with Gasteiger partial charge in [0.05, 0.1) is 0 Å². The normalized spacial score (nSPS) is 22.8. The number of hydrogen-bond donors (Lipinski definition) is 2. The van der Waals surface area contributed by atoms with E-state index in [9.17, 15) is 5.11 Å². The molecule has 1 aliphatic heterocycles. The summed E-state index contributed by atoms with van der Waals surface area (Å²) in [7, 11) is 0. The number of benzene rings is 1. The average Bonchev–Trinajstić information content (AvgIpc) is 2.80. The standard InChI is InChI=1S/C14H22N2O/c1-11(16-8-2-3-13(16)10-15)9-12-4-6-14(17)7-5-12/h4-7,11,13,17H,2-3,8-10,15H2,1H3. The predicted octanol–water partition coefficient (Wildman–Crippen LogP) is 1.75.